The number of rotatable bonds is 4. The summed E-state index contributed by atoms with van der Waals surface area (Å²) in [4.78, 5) is 15.2. The first kappa shape index (κ1) is 13.6. The van der Waals surface area contributed by atoms with Crippen molar-refractivity contribution in [2.24, 2.45) is 5.92 Å². The zero-order valence-corrected chi connectivity index (χ0v) is 10.1. The molecular weight excluding hydrogens is 225 g/mol. The van der Waals surface area contributed by atoms with E-state index in [9.17, 15) is 14.3 Å². The van der Waals surface area contributed by atoms with Crippen LogP contribution in [-0.2, 0) is 15.1 Å². The fraction of sp³-hybridized carbons (Fsp3) is 0.500. The highest BCUT2D eigenvalue weighted by Gasteiger charge is 2.38. The lowest BCUT2D eigenvalue weighted by Gasteiger charge is -2.30. The first-order valence-corrected chi connectivity index (χ1v) is 5.34. The van der Waals surface area contributed by atoms with Gasteiger partial charge in [-0.15, -0.1) is 0 Å². The van der Waals surface area contributed by atoms with Gasteiger partial charge in [-0.3, -0.25) is 9.78 Å². The number of aromatic nitrogens is 1. The molecular formula is C12H16FNO3. The van der Waals surface area contributed by atoms with Gasteiger partial charge in [0.05, 0.1) is 19.2 Å². The van der Waals surface area contributed by atoms with Crippen LogP contribution in [0.1, 0.15) is 25.8 Å². The first-order chi connectivity index (χ1) is 7.93. The molecule has 0 bridgehead atoms. The maximum atomic E-state index is 13.1. The molecule has 0 fully saturated rings. The highest BCUT2D eigenvalue weighted by Crippen LogP contribution is 2.32. The summed E-state index contributed by atoms with van der Waals surface area (Å²) in [7, 11) is 1.25. The van der Waals surface area contributed by atoms with Gasteiger partial charge in [-0.2, -0.15) is 0 Å². The number of halogens is 1. The van der Waals surface area contributed by atoms with Crippen molar-refractivity contribution < 1.29 is 19.0 Å². The number of nitrogens with zero attached hydrogens (tertiary/aromatic N) is 1. The molecule has 2 unspecified atom stereocenters. The molecule has 5 heteroatoms. The molecule has 17 heavy (non-hydrogen) atoms. The number of hydrogen-bond acceptors (Lipinski definition) is 4. The summed E-state index contributed by atoms with van der Waals surface area (Å²) in [5.41, 5.74) is -1.24. The lowest BCUT2D eigenvalue weighted by atomic mass is 9.82. The quantitative estimate of drug-likeness (QED) is 0.814. The van der Waals surface area contributed by atoms with Gasteiger partial charge in [0.25, 0.3) is 0 Å². The summed E-state index contributed by atoms with van der Waals surface area (Å²) in [6.07, 6.45) is 2.77. The van der Waals surface area contributed by atoms with Gasteiger partial charge in [0.15, 0.2) is 0 Å². The topological polar surface area (TPSA) is 59.4 Å². The van der Waals surface area contributed by atoms with E-state index >= 15 is 0 Å². The minimum absolute atomic E-state index is 0.259. The Balaban J connectivity index is 3.11. The fourth-order valence-electron chi connectivity index (χ4n) is 1.83. The third kappa shape index (κ3) is 2.79. The normalized spacial score (nSPS) is 16.1. The van der Waals surface area contributed by atoms with E-state index in [2.05, 4.69) is 9.72 Å². The van der Waals surface area contributed by atoms with Crippen LogP contribution in [0.25, 0.3) is 0 Å². The van der Waals surface area contributed by atoms with Gasteiger partial charge in [-0.05, 0) is 19.4 Å². The SMILES string of the molecule is CCC(C(=O)OC)C(C)(O)c1cncc(F)c1. The van der Waals surface area contributed by atoms with Crippen molar-refractivity contribution >= 4 is 5.97 Å². The van der Waals surface area contributed by atoms with Gasteiger partial charge in [-0.25, -0.2) is 4.39 Å². The molecule has 94 valence electrons. The van der Waals surface area contributed by atoms with Crippen LogP contribution in [0, 0.1) is 11.7 Å². The summed E-state index contributed by atoms with van der Waals surface area (Å²) in [5, 5.41) is 10.4. The molecule has 0 aliphatic rings. The minimum Gasteiger partial charge on any atom is -0.469 e. The van der Waals surface area contributed by atoms with Gasteiger partial charge in [0.1, 0.15) is 11.4 Å². The van der Waals surface area contributed by atoms with Crippen LogP contribution in [0.4, 0.5) is 4.39 Å². The van der Waals surface area contributed by atoms with Crippen molar-refractivity contribution in [2.75, 3.05) is 7.11 Å². The number of pyridine rings is 1. The van der Waals surface area contributed by atoms with Crippen LogP contribution in [0.15, 0.2) is 18.5 Å². The molecule has 1 rings (SSSR count). The van der Waals surface area contributed by atoms with Crippen molar-refractivity contribution in [2.45, 2.75) is 25.9 Å². The third-order valence-electron chi connectivity index (χ3n) is 2.86. The highest BCUT2D eigenvalue weighted by atomic mass is 19.1. The smallest absolute Gasteiger partial charge is 0.311 e. The number of aliphatic hydroxyl groups is 1. The lowest BCUT2D eigenvalue weighted by Crippen LogP contribution is -2.37. The van der Waals surface area contributed by atoms with Crippen molar-refractivity contribution in [3.63, 3.8) is 0 Å². The van der Waals surface area contributed by atoms with Gasteiger partial charge < -0.3 is 9.84 Å². The van der Waals surface area contributed by atoms with E-state index in [1.54, 1.807) is 6.92 Å². The number of methoxy groups -OCH3 is 1. The van der Waals surface area contributed by atoms with Crippen molar-refractivity contribution in [1.29, 1.82) is 0 Å². The average molecular weight is 241 g/mol. The predicted molar refractivity (Wildman–Crippen MR) is 59.6 cm³/mol. The van der Waals surface area contributed by atoms with E-state index in [0.717, 1.165) is 6.20 Å². The molecule has 0 saturated heterocycles. The molecule has 1 aromatic heterocycles. The van der Waals surface area contributed by atoms with Crippen LogP contribution in [0.5, 0.6) is 0 Å². The molecule has 0 spiro atoms. The molecule has 1 aromatic rings. The van der Waals surface area contributed by atoms with Crippen LogP contribution < -0.4 is 0 Å². The van der Waals surface area contributed by atoms with Crippen LogP contribution in [-0.4, -0.2) is 23.2 Å². The molecule has 0 aliphatic heterocycles. The molecule has 1 heterocycles. The second-order valence-corrected chi connectivity index (χ2v) is 4.02. The first-order valence-electron chi connectivity index (χ1n) is 5.34. The van der Waals surface area contributed by atoms with Crippen molar-refractivity contribution in [3.05, 3.63) is 29.8 Å². The Morgan fingerprint density at radius 1 is 1.65 bits per heavy atom. The highest BCUT2D eigenvalue weighted by molar-refractivity contribution is 5.74. The third-order valence-corrected chi connectivity index (χ3v) is 2.86. The number of esters is 1. The van der Waals surface area contributed by atoms with Crippen molar-refractivity contribution in [1.82, 2.24) is 4.98 Å². The molecule has 1 N–H and O–H groups in total. The van der Waals surface area contributed by atoms with E-state index < -0.39 is 23.3 Å². The molecule has 0 aliphatic carbocycles. The standard InChI is InChI=1S/C12H16FNO3/c1-4-10(11(15)17-3)12(2,16)8-5-9(13)7-14-6-8/h5-7,10,16H,4H2,1-3H3. The Morgan fingerprint density at radius 2 is 2.29 bits per heavy atom. The zero-order chi connectivity index (χ0) is 13.1. The molecule has 0 aromatic carbocycles. The Bertz CT molecular complexity index is 406. The maximum absolute atomic E-state index is 13.1. The summed E-state index contributed by atoms with van der Waals surface area (Å²) in [6, 6.07) is 1.17. The van der Waals surface area contributed by atoms with E-state index in [1.807, 2.05) is 0 Å². The number of hydrogen-bond donors (Lipinski definition) is 1. The molecule has 0 saturated carbocycles. The van der Waals surface area contributed by atoms with Crippen LogP contribution in [0.3, 0.4) is 0 Å². The van der Waals surface area contributed by atoms with E-state index in [4.69, 9.17) is 0 Å². The van der Waals surface area contributed by atoms with E-state index in [-0.39, 0.29) is 5.56 Å². The van der Waals surface area contributed by atoms with Crippen LogP contribution in [0.2, 0.25) is 0 Å². The van der Waals surface area contributed by atoms with Gasteiger partial charge in [-0.1, -0.05) is 6.92 Å². The predicted octanol–water partition coefficient (Wildman–Crippen LogP) is 1.63. The van der Waals surface area contributed by atoms with Crippen LogP contribution >= 0.6 is 0 Å². The molecule has 0 amide bonds. The summed E-state index contributed by atoms with van der Waals surface area (Å²) in [5.74, 6) is -1.83. The molecule has 4 nitrogen and oxygen atoms in total. The number of carbonyl (C=O) groups excluding carboxylic acids is 1. The molecule has 0 radical (unpaired) electrons. The Labute approximate surface area is 99.4 Å². The summed E-state index contributed by atoms with van der Waals surface area (Å²) < 4.78 is 17.7. The lowest BCUT2D eigenvalue weighted by molar-refractivity contribution is -0.155. The number of carbonyl (C=O) groups is 1. The second-order valence-electron chi connectivity index (χ2n) is 4.02. The largest absolute Gasteiger partial charge is 0.469 e. The Morgan fingerprint density at radius 3 is 2.76 bits per heavy atom. The average Bonchev–Trinajstić information content (AvgIpc) is 2.29. The van der Waals surface area contributed by atoms with Gasteiger partial charge >= 0.3 is 5.97 Å². The Hall–Kier alpha value is -1.49. The molecule has 2 atom stereocenters. The Kier molecular flexibility index (Phi) is 4.17. The fourth-order valence-corrected chi connectivity index (χ4v) is 1.83. The summed E-state index contributed by atoms with van der Waals surface area (Å²) in [6.45, 7) is 3.21. The van der Waals surface area contributed by atoms with Crippen molar-refractivity contribution in [3.8, 4) is 0 Å². The summed E-state index contributed by atoms with van der Waals surface area (Å²) >= 11 is 0. The zero-order valence-electron chi connectivity index (χ0n) is 10.1. The maximum Gasteiger partial charge on any atom is 0.311 e. The van der Waals surface area contributed by atoms with Gasteiger partial charge in [0, 0.05) is 11.8 Å². The second kappa shape index (κ2) is 5.23. The minimum atomic E-state index is -1.50. The van der Waals surface area contributed by atoms with E-state index in [1.165, 1.54) is 26.3 Å². The monoisotopic (exact) mass is 241 g/mol. The van der Waals surface area contributed by atoms with Gasteiger partial charge in [0.2, 0.25) is 0 Å². The number of ether oxygens (including phenoxy) is 1. The van der Waals surface area contributed by atoms with E-state index in [0.29, 0.717) is 6.42 Å².